The molecule has 22 heavy (non-hydrogen) atoms. The molecule has 0 saturated heterocycles. The van der Waals surface area contributed by atoms with Crippen LogP contribution < -0.4 is 20.6 Å². The summed E-state index contributed by atoms with van der Waals surface area (Å²) in [5.74, 6) is 1.60. The number of ether oxygens (including phenoxy) is 2. The Balaban J connectivity index is 2.13. The first-order valence-electron chi connectivity index (χ1n) is 6.67. The fourth-order valence-corrected chi connectivity index (χ4v) is 1.71. The van der Waals surface area contributed by atoms with E-state index in [0.29, 0.717) is 29.6 Å². The van der Waals surface area contributed by atoms with E-state index in [0.717, 1.165) is 5.56 Å². The Hall–Kier alpha value is -2.90. The lowest BCUT2D eigenvalue weighted by Gasteiger charge is -2.09. The van der Waals surface area contributed by atoms with Crippen molar-refractivity contribution in [1.82, 2.24) is 15.2 Å². The van der Waals surface area contributed by atoms with Crippen LogP contribution in [0.5, 0.6) is 11.5 Å². The van der Waals surface area contributed by atoms with Gasteiger partial charge in [0.2, 0.25) is 0 Å². The summed E-state index contributed by atoms with van der Waals surface area (Å²) in [6.07, 6.45) is 1.58. The maximum Gasteiger partial charge on any atom is 0.363 e. The molecule has 1 heterocycles. The number of hydrazone groups is 1. The minimum Gasteiger partial charge on any atom is -0.493 e. The Labute approximate surface area is 127 Å². The number of hydrogen-bond acceptors (Lipinski definition) is 7. The first-order chi connectivity index (χ1) is 10.6. The zero-order valence-corrected chi connectivity index (χ0v) is 12.6. The van der Waals surface area contributed by atoms with Gasteiger partial charge >= 0.3 is 5.69 Å². The summed E-state index contributed by atoms with van der Waals surface area (Å²) in [6.45, 7) is 4.18. The van der Waals surface area contributed by atoms with Gasteiger partial charge in [-0.3, -0.25) is 5.43 Å². The number of aromatic amines is 1. The quantitative estimate of drug-likeness (QED) is 0.616. The number of rotatable bonds is 6. The molecule has 1 aromatic heterocycles. The standard InChI is InChI=1S/C14H17N5O3/c1-4-22-11-6-5-10(7-12(11)21-3)8-15-18-13-9(2)17-19-14(20)16-13/h5-8H,4H2,1-3H3,(H2,16,18,19,20). The summed E-state index contributed by atoms with van der Waals surface area (Å²) in [5, 5.41) is 10.1. The van der Waals surface area contributed by atoms with Gasteiger partial charge in [0.05, 0.1) is 19.9 Å². The molecule has 0 unspecified atom stereocenters. The van der Waals surface area contributed by atoms with Crippen molar-refractivity contribution in [2.24, 2.45) is 5.10 Å². The van der Waals surface area contributed by atoms with E-state index in [1.165, 1.54) is 0 Å². The lowest BCUT2D eigenvalue weighted by atomic mass is 10.2. The highest BCUT2D eigenvalue weighted by Gasteiger charge is 2.04. The summed E-state index contributed by atoms with van der Waals surface area (Å²) >= 11 is 0. The van der Waals surface area contributed by atoms with Crippen LogP contribution in [-0.2, 0) is 0 Å². The van der Waals surface area contributed by atoms with E-state index in [2.05, 4.69) is 25.7 Å². The number of benzene rings is 1. The first-order valence-corrected chi connectivity index (χ1v) is 6.67. The lowest BCUT2D eigenvalue weighted by molar-refractivity contribution is 0.311. The molecule has 2 N–H and O–H groups in total. The monoisotopic (exact) mass is 303 g/mol. The van der Waals surface area contributed by atoms with Gasteiger partial charge in [-0.25, -0.2) is 9.89 Å². The van der Waals surface area contributed by atoms with Crippen LogP contribution in [-0.4, -0.2) is 35.1 Å². The molecule has 0 spiro atoms. The van der Waals surface area contributed by atoms with Crippen LogP contribution in [0.3, 0.4) is 0 Å². The fraction of sp³-hybridized carbons (Fsp3) is 0.286. The molecule has 8 heteroatoms. The van der Waals surface area contributed by atoms with Crippen molar-refractivity contribution in [3.05, 3.63) is 39.9 Å². The second-order valence-electron chi connectivity index (χ2n) is 4.29. The molecule has 0 aliphatic rings. The number of hydrogen-bond donors (Lipinski definition) is 2. The highest BCUT2D eigenvalue weighted by Crippen LogP contribution is 2.27. The first kappa shape index (κ1) is 15.5. The normalized spacial score (nSPS) is 10.7. The highest BCUT2D eigenvalue weighted by atomic mass is 16.5. The third-order valence-electron chi connectivity index (χ3n) is 2.75. The summed E-state index contributed by atoms with van der Waals surface area (Å²) in [4.78, 5) is 14.8. The smallest absolute Gasteiger partial charge is 0.363 e. The average Bonchev–Trinajstić information content (AvgIpc) is 2.52. The van der Waals surface area contributed by atoms with Gasteiger partial charge in [0.1, 0.15) is 5.69 Å². The third-order valence-corrected chi connectivity index (χ3v) is 2.75. The van der Waals surface area contributed by atoms with Crippen molar-refractivity contribution in [1.29, 1.82) is 0 Å². The van der Waals surface area contributed by atoms with Crippen LogP contribution in [0.25, 0.3) is 0 Å². The predicted octanol–water partition coefficient (Wildman–Crippen LogP) is 1.33. The van der Waals surface area contributed by atoms with Gasteiger partial charge in [0.25, 0.3) is 0 Å². The second kappa shape index (κ2) is 7.21. The van der Waals surface area contributed by atoms with Crippen molar-refractivity contribution in [3.8, 4) is 11.5 Å². The van der Waals surface area contributed by atoms with Gasteiger partial charge in [-0.15, -0.1) is 0 Å². The maximum absolute atomic E-state index is 11.1. The molecule has 2 rings (SSSR count). The Morgan fingerprint density at radius 1 is 1.41 bits per heavy atom. The van der Waals surface area contributed by atoms with Crippen molar-refractivity contribution in [2.45, 2.75) is 13.8 Å². The SMILES string of the molecule is CCOc1ccc(C=NNc2nc(=O)[nH]nc2C)cc1OC. The molecule has 1 aromatic carbocycles. The minimum atomic E-state index is -0.536. The van der Waals surface area contributed by atoms with Gasteiger partial charge < -0.3 is 9.47 Å². The van der Waals surface area contributed by atoms with Gasteiger partial charge in [0.15, 0.2) is 17.3 Å². The number of anilines is 1. The van der Waals surface area contributed by atoms with Crippen LogP contribution in [0, 0.1) is 6.92 Å². The largest absolute Gasteiger partial charge is 0.493 e. The molecule has 0 radical (unpaired) electrons. The molecule has 0 amide bonds. The highest BCUT2D eigenvalue weighted by molar-refractivity contribution is 5.81. The molecular weight excluding hydrogens is 286 g/mol. The van der Waals surface area contributed by atoms with Crippen LogP contribution in [0.4, 0.5) is 5.82 Å². The van der Waals surface area contributed by atoms with Gasteiger partial charge in [-0.2, -0.15) is 15.2 Å². The van der Waals surface area contributed by atoms with E-state index in [1.807, 2.05) is 19.1 Å². The summed E-state index contributed by atoms with van der Waals surface area (Å²) in [5.41, 5.74) is 3.50. The van der Waals surface area contributed by atoms with Crippen LogP contribution in [0.15, 0.2) is 28.1 Å². The summed E-state index contributed by atoms with van der Waals surface area (Å²) in [7, 11) is 1.58. The molecular formula is C14H17N5O3. The lowest BCUT2D eigenvalue weighted by Crippen LogP contribution is -2.15. The Kier molecular flexibility index (Phi) is 5.07. The molecule has 8 nitrogen and oxygen atoms in total. The number of nitrogens with zero attached hydrogens (tertiary/aromatic N) is 3. The minimum absolute atomic E-state index is 0.304. The van der Waals surface area contributed by atoms with Gasteiger partial charge in [0, 0.05) is 0 Å². The molecule has 116 valence electrons. The van der Waals surface area contributed by atoms with E-state index in [4.69, 9.17) is 9.47 Å². The van der Waals surface area contributed by atoms with E-state index in [9.17, 15) is 4.79 Å². The Morgan fingerprint density at radius 3 is 2.95 bits per heavy atom. The van der Waals surface area contributed by atoms with E-state index >= 15 is 0 Å². The molecule has 0 aliphatic heterocycles. The fourth-order valence-electron chi connectivity index (χ4n) is 1.71. The number of nitrogens with one attached hydrogen (secondary N) is 2. The average molecular weight is 303 g/mol. The van der Waals surface area contributed by atoms with E-state index < -0.39 is 5.69 Å². The molecule has 0 aliphatic carbocycles. The number of methoxy groups -OCH3 is 1. The zero-order chi connectivity index (χ0) is 15.9. The molecule has 0 saturated carbocycles. The molecule has 0 fully saturated rings. The maximum atomic E-state index is 11.1. The van der Waals surface area contributed by atoms with E-state index in [-0.39, 0.29) is 0 Å². The van der Waals surface area contributed by atoms with Crippen LogP contribution >= 0.6 is 0 Å². The summed E-state index contributed by atoms with van der Waals surface area (Å²) in [6, 6.07) is 5.45. The Morgan fingerprint density at radius 2 is 2.23 bits per heavy atom. The van der Waals surface area contributed by atoms with Gasteiger partial charge in [-0.1, -0.05) is 0 Å². The Bertz CT molecular complexity index is 727. The number of aryl methyl sites for hydroxylation is 1. The molecule has 0 bridgehead atoms. The van der Waals surface area contributed by atoms with Crippen molar-refractivity contribution < 1.29 is 9.47 Å². The van der Waals surface area contributed by atoms with Crippen molar-refractivity contribution >= 4 is 12.0 Å². The zero-order valence-electron chi connectivity index (χ0n) is 12.6. The molecule has 0 atom stereocenters. The topological polar surface area (TPSA) is 101 Å². The number of H-pyrrole nitrogens is 1. The predicted molar refractivity (Wildman–Crippen MR) is 82.8 cm³/mol. The van der Waals surface area contributed by atoms with Crippen molar-refractivity contribution in [2.75, 3.05) is 19.1 Å². The van der Waals surface area contributed by atoms with Crippen LogP contribution in [0.2, 0.25) is 0 Å². The molecule has 2 aromatic rings. The van der Waals surface area contributed by atoms with Gasteiger partial charge in [-0.05, 0) is 37.6 Å². The summed E-state index contributed by atoms with van der Waals surface area (Å²) < 4.78 is 10.7. The van der Waals surface area contributed by atoms with Crippen LogP contribution in [0.1, 0.15) is 18.2 Å². The van der Waals surface area contributed by atoms with E-state index in [1.54, 1.807) is 26.3 Å². The van der Waals surface area contributed by atoms with Crippen molar-refractivity contribution in [3.63, 3.8) is 0 Å². The third kappa shape index (κ3) is 3.81. The number of aromatic nitrogens is 3. The second-order valence-corrected chi connectivity index (χ2v) is 4.29.